The Hall–Kier alpha value is -2.60. The van der Waals surface area contributed by atoms with E-state index in [1.165, 1.54) is 23.1 Å². The standard InChI is InChI=1S/C20H20ClFN2O3/c1-2-27-15-8-6-14(7-9-15)19(25)23-10-12-24(13-11-23)20(26)18-16(21)4-3-5-17(18)22/h3-9H,2,10-13H2,1H3. The molecule has 2 amide bonds. The third-order valence-corrected chi connectivity index (χ3v) is 4.76. The summed E-state index contributed by atoms with van der Waals surface area (Å²) in [5.41, 5.74) is 0.445. The van der Waals surface area contributed by atoms with Crippen LogP contribution in [-0.2, 0) is 0 Å². The molecule has 3 rings (SSSR count). The van der Waals surface area contributed by atoms with Gasteiger partial charge in [-0.25, -0.2) is 4.39 Å². The minimum Gasteiger partial charge on any atom is -0.494 e. The highest BCUT2D eigenvalue weighted by Gasteiger charge is 2.28. The summed E-state index contributed by atoms with van der Waals surface area (Å²) in [5.74, 6) is -0.480. The van der Waals surface area contributed by atoms with E-state index >= 15 is 0 Å². The monoisotopic (exact) mass is 390 g/mol. The zero-order valence-electron chi connectivity index (χ0n) is 15.0. The molecule has 2 aromatic carbocycles. The second kappa shape index (κ2) is 8.39. The summed E-state index contributed by atoms with van der Waals surface area (Å²) in [6.07, 6.45) is 0. The molecule has 2 aromatic rings. The molecule has 0 bridgehead atoms. The maximum Gasteiger partial charge on any atom is 0.258 e. The summed E-state index contributed by atoms with van der Waals surface area (Å²) < 4.78 is 19.3. The molecule has 142 valence electrons. The third-order valence-electron chi connectivity index (χ3n) is 4.44. The number of hydrogen-bond acceptors (Lipinski definition) is 3. The van der Waals surface area contributed by atoms with Crippen LogP contribution in [0.3, 0.4) is 0 Å². The summed E-state index contributed by atoms with van der Waals surface area (Å²) in [5, 5.41) is 0.0906. The first-order valence-corrected chi connectivity index (χ1v) is 9.14. The van der Waals surface area contributed by atoms with E-state index in [1.54, 1.807) is 29.2 Å². The third kappa shape index (κ3) is 4.22. The van der Waals surface area contributed by atoms with Crippen LogP contribution in [-0.4, -0.2) is 54.4 Å². The lowest BCUT2D eigenvalue weighted by Crippen LogP contribution is -2.50. The maximum absolute atomic E-state index is 14.0. The van der Waals surface area contributed by atoms with Crippen LogP contribution in [0, 0.1) is 5.82 Å². The summed E-state index contributed by atoms with van der Waals surface area (Å²) in [7, 11) is 0. The molecular formula is C20H20ClFN2O3. The topological polar surface area (TPSA) is 49.9 Å². The molecule has 1 aliphatic heterocycles. The average molecular weight is 391 g/mol. The number of ether oxygens (including phenoxy) is 1. The molecule has 27 heavy (non-hydrogen) atoms. The number of carbonyl (C=O) groups is 2. The lowest BCUT2D eigenvalue weighted by atomic mass is 10.1. The van der Waals surface area contributed by atoms with Crippen LogP contribution in [0.25, 0.3) is 0 Å². The molecule has 0 spiro atoms. The van der Waals surface area contributed by atoms with Gasteiger partial charge in [0.2, 0.25) is 0 Å². The van der Waals surface area contributed by atoms with E-state index in [4.69, 9.17) is 16.3 Å². The van der Waals surface area contributed by atoms with Gasteiger partial charge >= 0.3 is 0 Å². The van der Waals surface area contributed by atoms with E-state index in [0.29, 0.717) is 44.1 Å². The maximum atomic E-state index is 14.0. The van der Waals surface area contributed by atoms with Crippen LogP contribution < -0.4 is 4.74 Å². The first-order valence-electron chi connectivity index (χ1n) is 8.76. The van der Waals surface area contributed by atoms with Crippen LogP contribution in [0.15, 0.2) is 42.5 Å². The fourth-order valence-corrected chi connectivity index (χ4v) is 3.26. The number of amides is 2. The van der Waals surface area contributed by atoms with Crippen molar-refractivity contribution in [2.24, 2.45) is 0 Å². The van der Waals surface area contributed by atoms with Gasteiger partial charge in [-0.1, -0.05) is 17.7 Å². The van der Waals surface area contributed by atoms with Gasteiger partial charge in [-0.15, -0.1) is 0 Å². The fraction of sp³-hybridized carbons (Fsp3) is 0.300. The Balaban J connectivity index is 1.63. The minimum absolute atomic E-state index is 0.0906. The van der Waals surface area contributed by atoms with Gasteiger partial charge in [0, 0.05) is 31.7 Å². The van der Waals surface area contributed by atoms with Crippen molar-refractivity contribution in [1.82, 2.24) is 9.80 Å². The van der Waals surface area contributed by atoms with Gasteiger partial charge in [0.15, 0.2) is 0 Å². The van der Waals surface area contributed by atoms with E-state index < -0.39 is 11.7 Å². The molecule has 1 aliphatic rings. The molecular weight excluding hydrogens is 371 g/mol. The first kappa shape index (κ1) is 19.2. The van der Waals surface area contributed by atoms with E-state index in [9.17, 15) is 14.0 Å². The molecule has 1 heterocycles. The van der Waals surface area contributed by atoms with Gasteiger partial charge in [0.25, 0.3) is 11.8 Å². The van der Waals surface area contributed by atoms with Gasteiger partial charge < -0.3 is 14.5 Å². The van der Waals surface area contributed by atoms with E-state index in [-0.39, 0.29) is 16.5 Å². The normalized spacial score (nSPS) is 14.2. The zero-order valence-corrected chi connectivity index (χ0v) is 15.7. The summed E-state index contributed by atoms with van der Waals surface area (Å²) in [4.78, 5) is 28.4. The second-order valence-electron chi connectivity index (χ2n) is 6.14. The molecule has 0 saturated carbocycles. The van der Waals surface area contributed by atoms with Crippen LogP contribution in [0.1, 0.15) is 27.6 Å². The molecule has 1 saturated heterocycles. The van der Waals surface area contributed by atoms with Gasteiger partial charge in [0.05, 0.1) is 17.2 Å². The number of carbonyl (C=O) groups excluding carboxylic acids is 2. The lowest BCUT2D eigenvalue weighted by molar-refractivity contribution is 0.0533. The van der Waals surface area contributed by atoms with Crippen LogP contribution in [0.4, 0.5) is 4.39 Å². The van der Waals surface area contributed by atoms with Crippen molar-refractivity contribution in [3.05, 3.63) is 64.4 Å². The predicted molar refractivity (Wildman–Crippen MR) is 101 cm³/mol. The average Bonchev–Trinajstić information content (AvgIpc) is 2.68. The molecule has 0 radical (unpaired) electrons. The Morgan fingerprint density at radius 2 is 1.59 bits per heavy atom. The van der Waals surface area contributed by atoms with E-state index in [1.807, 2.05) is 6.92 Å². The smallest absolute Gasteiger partial charge is 0.258 e. The summed E-state index contributed by atoms with van der Waals surface area (Å²) in [6.45, 7) is 3.87. The number of piperazine rings is 1. The van der Waals surface area contributed by atoms with Gasteiger partial charge in [-0.2, -0.15) is 0 Å². The number of hydrogen-bond donors (Lipinski definition) is 0. The summed E-state index contributed by atoms with van der Waals surface area (Å²) in [6, 6.07) is 11.1. The van der Waals surface area contributed by atoms with Gasteiger partial charge in [-0.3, -0.25) is 9.59 Å². The number of nitrogens with zero attached hydrogens (tertiary/aromatic N) is 2. The van der Waals surface area contributed by atoms with Crippen molar-refractivity contribution >= 4 is 23.4 Å². The zero-order chi connectivity index (χ0) is 19.4. The van der Waals surface area contributed by atoms with Crippen molar-refractivity contribution in [1.29, 1.82) is 0 Å². The fourth-order valence-electron chi connectivity index (χ4n) is 3.02. The Morgan fingerprint density at radius 1 is 1.00 bits per heavy atom. The van der Waals surface area contributed by atoms with Crippen LogP contribution in [0.5, 0.6) is 5.75 Å². The van der Waals surface area contributed by atoms with Crippen molar-refractivity contribution in [2.45, 2.75) is 6.92 Å². The molecule has 5 nitrogen and oxygen atoms in total. The highest BCUT2D eigenvalue weighted by atomic mass is 35.5. The minimum atomic E-state index is -0.639. The highest BCUT2D eigenvalue weighted by molar-refractivity contribution is 6.33. The molecule has 7 heteroatoms. The second-order valence-corrected chi connectivity index (χ2v) is 6.55. The predicted octanol–water partition coefficient (Wildman–Crippen LogP) is 3.48. The van der Waals surface area contributed by atoms with Crippen LogP contribution in [0.2, 0.25) is 5.02 Å². The molecule has 0 atom stereocenters. The number of benzene rings is 2. The van der Waals surface area contributed by atoms with Crippen molar-refractivity contribution in [3.63, 3.8) is 0 Å². The summed E-state index contributed by atoms with van der Waals surface area (Å²) >= 11 is 5.98. The molecule has 0 aliphatic carbocycles. The molecule has 0 N–H and O–H groups in total. The van der Waals surface area contributed by atoms with Crippen LogP contribution >= 0.6 is 11.6 Å². The Bertz CT molecular complexity index is 813. The Labute approximate surface area is 162 Å². The molecule has 0 aromatic heterocycles. The van der Waals surface area contributed by atoms with Crippen molar-refractivity contribution in [3.8, 4) is 5.75 Å². The van der Waals surface area contributed by atoms with Gasteiger partial charge in [-0.05, 0) is 43.3 Å². The first-order chi connectivity index (χ1) is 13.0. The van der Waals surface area contributed by atoms with Crippen molar-refractivity contribution < 1.29 is 18.7 Å². The van der Waals surface area contributed by atoms with E-state index in [2.05, 4.69) is 0 Å². The SMILES string of the molecule is CCOc1ccc(C(=O)N2CCN(C(=O)c3c(F)cccc3Cl)CC2)cc1. The lowest BCUT2D eigenvalue weighted by Gasteiger charge is -2.35. The van der Waals surface area contributed by atoms with Crippen molar-refractivity contribution in [2.75, 3.05) is 32.8 Å². The van der Waals surface area contributed by atoms with Gasteiger partial charge in [0.1, 0.15) is 11.6 Å². The Kier molecular flexibility index (Phi) is 5.96. The molecule has 0 unspecified atom stereocenters. The largest absolute Gasteiger partial charge is 0.494 e. The quantitative estimate of drug-likeness (QED) is 0.803. The number of rotatable bonds is 4. The molecule has 1 fully saturated rings. The van der Waals surface area contributed by atoms with E-state index in [0.717, 1.165) is 0 Å². The number of halogens is 2. The highest BCUT2D eigenvalue weighted by Crippen LogP contribution is 2.22. The Morgan fingerprint density at radius 3 is 2.15 bits per heavy atom.